The minimum absolute atomic E-state index is 0.164. The second kappa shape index (κ2) is 7.54. The van der Waals surface area contributed by atoms with Gasteiger partial charge in [0.1, 0.15) is 0 Å². The van der Waals surface area contributed by atoms with Crippen LogP contribution in [0.5, 0.6) is 0 Å². The van der Waals surface area contributed by atoms with E-state index in [-0.39, 0.29) is 12.1 Å². The highest BCUT2D eigenvalue weighted by Gasteiger charge is 2.31. The molecule has 1 aliphatic heterocycles. The number of rotatable bonds is 6. The standard InChI is InChI=1S/C14H25BrN4O/c1-4-6-19-14(11(15)9-17-19)13(16-5-2)12-10-18(3)7-8-20-12/h9,12-13,16H,4-8,10H2,1-3H3. The number of morpholine rings is 1. The molecule has 2 unspecified atom stereocenters. The van der Waals surface area contributed by atoms with Crippen molar-refractivity contribution in [2.75, 3.05) is 33.3 Å². The lowest BCUT2D eigenvalue weighted by Crippen LogP contribution is -2.47. The van der Waals surface area contributed by atoms with Gasteiger partial charge in [0.05, 0.1) is 35.1 Å². The molecule has 1 fully saturated rings. The maximum atomic E-state index is 6.01. The zero-order valence-corrected chi connectivity index (χ0v) is 14.2. The fourth-order valence-electron chi connectivity index (χ4n) is 2.71. The zero-order valence-electron chi connectivity index (χ0n) is 12.6. The van der Waals surface area contributed by atoms with Crippen molar-refractivity contribution in [1.82, 2.24) is 20.0 Å². The average molecular weight is 345 g/mol. The number of likely N-dealkylation sites (N-methyl/N-ethyl adjacent to an activating group) is 2. The van der Waals surface area contributed by atoms with Crippen LogP contribution < -0.4 is 5.32 Å². The monoisotopic (exact) mass is 344 g/mol. The predicted octanol–water partition coefficient (Wildman–Crippen LogP) is 2.04. The zero-order chi connectivity index (χ0) is 14.5. The van der Waals surface area contributed by atoms with Crippen molar-refractivity contribution in [3.63, 3.8) is 0 Å². The van der Waals surface area contributed by atoms with Crippen molar-refractivity contribution >= 4 is 15.9 Å². The molecule has 20 heavy (non-hydrogen) atoms. The highest BCUT2D eigenvalue weighted by atomic mass is 79.9. The molecule has 1 aromatic rings. The summed E-state index contributed by atoms with van der Waals surface area (Å²) in [5.41, 5.74) is 1.20. The van der Waals surface area contributed by atoms with E-state index in [0.29, 0.717) is 0 Å². The van der Waals surface area contributed by atoms with Crippen LogP contribution in [-0.4, -0.2) is 54.1 Å². The number of nitrogens with zero attached hydrogens (tertiary/aromatic N) is 3. The van der Waals surface area contributed by atoms with E-state index >= 15 is 0 Å². The van der Waals surface area contributed by atoms with Crippen molar-refractivity contribution < 1.29 is 4.74 Å². The van der Waals surface area contributed by atoms with E-state index in [9.17, 15) is 0 Å². The maximum Gasteiger partial charge on any atom is 0.0912 e. The van der Waals surface area contributed by atoms with E-state index in [0.717, 1.165) is 43.7 Å². The van der Waals surface area contributed by atoms with Crippen LogP contribution in [0.4, 0.5) is 0 Å². The minimum Gasteiger partial charge on any atom is -0.374 e. The van der Waals surface area contributed by atoms with Crippen LogP contribution in [0.3, 0.4) is 0 Å². The normalized spacial score (nSPS) is 22.1. The molecule has 0 amide bonds. The molecular formula is C14H25BrN4O. The fraction of sp³-hybridized carbons (Fsp3) is 0.786. The first-order valence-corrected chi connectivity index (χ1v) is 8.21. The van der Waals surface area contributed by atoms with Gasteiger partial charge in [-0.1, -0.05) is 13.8 Å². The van der Waals surface area contributed by atoms with E-state index in [1.165, 1.54) is 5.69 Å². The van der Waals surface area contributed by atoms with Gasteiger partial charge in [0.2, 0.25) is 0 Å². The van der Waals surface area contributed by atoms with Gasteiger partial charge < -0.3 is 15.0 Å². The molecular weight excluding hydrogens is 320 g/mol. The third kappa shape index (κ3) is 3.61. The van der Waals surface area contributed by atoms with Crippen LogP contribution in [0.15, 0.2) is 10.7 Å². The molecule has 1 aromatic heterocycles. The summed E-state index contributed by atoms with van der Waals surface area (Å²) in [5, 5.41) is 8.06. The van der Waals surface area contributed by atoms with Crippen molar-refractivity contribution in [3.8, 4) is 0 Å². The lowest BCUT2D eigenvalue weighted by Gasteiger charge is -2.36. The van der Waals surface area contributed by atoms with E-state index in [4.69, 9.17) is 4.74 Å². The smallest absolute Gasteiger partial charge is 0.0912 e. The molecule has 0 spiro atoms. The Kier molecular flexibility index (Phi) is 6.01. The number of aromatic nitrogens is 2. The number of hydrogen-bond donors (Lipinski definition) is 1. The molecule has 0 radical (unpaired) electrons. The lowest BCUT2D eigenvalue weighted by atomic mass is 10.1. The van der Waals surface area contributed by atoms with E-state index in [1.807, 2.05) is 6.20 Å². The molecule has 114 valence electrons. The van der Waals surface area contributed by atoms with Gasteiger partial charge in [-0.3, -0.25) is 4.68 Å². The highest BCUT2D eigenvalue weighted by molar-refractivity contribution is 9.10. The molecule has 5 nitrogen and oxygen atoms in total. The van der Waals surface area contributed by atoms with Gasteiger partial charge in [0.25, 0.3) is 0 Å². The molecule has 1 N–H and O–H groups in total. The van der Waals surface area contributed by atoms with Crippen LogP contribution in [0.25, 0.3) is 0 Å². The average Bonchev–Trinajstić information content (AvgIpc) is 2.78. The summed E-state index contributed by atoms with van der Waals surface area (Å²) in [5.74, 6) is 0. The number of halogens is 1. The van der Waals surface area contributed by atoms with Gasteiger partial charge in [-0.2, -0.15) is 5.10 Å². The Bertz CT molecular complexity index is 423. The predicted molar refractivity (Wildman–Crippen MR) is 83.9 cm³/mol. The van der Waals surface area contributed by atoms with Crippen molar-refractivity contribution in [3.05, 3.63) is 16.4 Å². The quantitative estimate of drug-likeness (QED) is 0.857. The van der Waals surface area contributed by atoms with E-state index < -0.39 is 0 Å². The molecule has 0 aromatic carbocycles. The molecule has 2 rings (SSSR count). The van der Waals surface area contributed by atoms with Gasteiger partial charge in [0.15, 0.2) is 0 Å². The first kappa shape index (κ1) is 15.9. The van der Waals surface area contributed by atoms with Gasteiger partial charge in [-0.15, -0.1) is 0 Å². The summed E-state index contributed by atoms with van der Waals surface area (Å²) in [6, 6.07) is 0.172. The number of hydrogen-bond acceptors (Lipinski definition) is 4. The number of ether oxygens (including phenoxy) is 1. The van der Waals surface area contributed by atoms with Crippen LogP contribution in [-0.2, 0) is 11.3 Å². The maximum absolute atomic E-state index is 6.01. The van der Waals surface area contributed by atoms with Gasteiger partial charge in [-0.25, -0.2) is 0 Å². The van der Waals surface area contributed by atoms with Crippen molar-refractivity contribution in [1.29, 1.82) is 0 Å². The molecule has 1 saturated heterocycles. The summed E-state index contributed by atoms with van der Waals surface area (Å²) < 4.78 is 9.17. The highest BCUT2D eigenvalue weighted by Crippen LogP contribution is 2.28. The molecule has 2 heterocycles. The SMILES string of the molecule is CCCn1ncc(Br)c1C(NCC)C1CN(C)CCO1. The Morgan fingerprint density at radius 1 is 1.55 bits per heavy atom. The van der Waals surface area contributed by atoms with Gasteiger partial charge >= 0.3 is 0 Å². The first-order chi connectivity index (χ1) is 9.67. The van der Waals surface area contributed by atoms with Crippen molar-refractivity contribution in [2.24, 2.45) is 0 Å². The Hall–Kier alpha value is -0.430. The Morgan fingerprint density at radius 2 is 2.35 bits per heavy atom. The summed E-state index contributed by atoms with van der Waals surface area (Å²) in [7, 11) is 2.15. The second-order valence-electron chi connectivity index (χ2n) is 5.31. The van der Waals surface area contributed by atoms with Crippen LogP contribution in [0, 0.1) is 0 Å². The lowest BCUT2D eigenvalue weighted by molar-refractivity contribution is -0.0405. The third-order valence-electron chi connectivity index (χ3n) is 3.66. The Labute approximate surface area is 129 Å². The fourth-order valence-corrected chi connectivity index (χ4v) is 3.25. The summed E-state index contributed by atoms with van der Waals surface area (Å²) in [4.78, 5) is 2.33. The molecule has 0 aliphatic carbocycles. The van der Waals surface area contributed by atoms with Crippen molar-refractivity contribution in [2.45, 2.75) is 39.0 Å². The van der Waals surface area contributed by atoms with Gasteiger partial charge in [-0.05, 0) is 35.9 Å². The van der Waals surface area contributed by atoms with Crippen LogP contribution in [0.2, 0.25) is 0 Å². The molecule has 0 bridgehead atoms. The Balaban J connectivity index is 2.25. The minimum atomic E-state index is 0.164. The second-order valence-corrected chi connectivity index (χ2v) is 6.16. The van der Waals surface area contributed by atoms with Crippen LogP contribution >= 0.6 is 15.9 Å². The molecule has 1 aliphatic rings. The number of nitrogens with one attached hydrogen (secondary N) is 1. The number of aryl methyl sites for hydroxylation is 1. The molecule has 2 atom stereocenters. The van der Waals surface area contributed by atoms with E-state index in [2.05, 4.69) is 56.8 Å². The van der Waals surface area contributed by atoms with Crippen LogP contribution in [0.1, 0.15) is 32.0 Å². The molecule has 6 heteroatoms. The topological polar surface area (TPSA) is 42.3 Å². The first-order valence-electron chi connectivity index (χ1n) is 7.42. The Morgan fingerprint density at radius 3 is 3.00 bits per heavy atom. The summed E-state index contributed by atoms with van der Waals surface area (Å²) >= 11 is 3.65. The largest absolute Gasteiger partial charge is 0.374 e. The van der Waals surface area contributed by atoms with Gasteiger partial charge in [0, 0.05) is 19.6 Å². The summed E-state index contributed by atoms with van der Waals surface area (Å²) in [6.07, 6.45) is 3.13. The third-order valence-corrected chi connectivity index (χ3v) is 4.27. The summed E-state index contributed by atoms with van der Waals surface area (Å²) in [6.45, 7) is 8.90. The van der Waals surface area contributed by atoms with E-state index in [1.54, 1.807) is 0 Å². The molecule has 0 saturated carbocycles.